The van der Waals surface area contributed by atoms with Crippen molar-refractivity contribution in [2.24, 2.45) is 0 Å². The van der Waals surface area contributed by atoms with Crippen molar-refractivity contribution in [2.75, 3.05) is 13.1 Å². The first-order valence-corrected chi connectivity index (χ1v) is 11.4. The van der Waals surface area contributed by atoms with Crippen molar-refractivity contribution >= 4 is 17.2 Å². The van der Waals surface area contributed by atoms with E-state index in [1.807, 2.05) is 25.7 Å². The second-order valence-electron chi connectivity index (χ2n) is 8.14. The minimum atomic E-state index is -0.101. The number of aryl methyl sites for hydroxylation is 3. The molecule has 0 unspecified atom stereocenters. The normalized spacial score (nSPS) is 14.7. The van der Waals surface area contributed by atoms with Gasteiger partial charge in [-0.25, -0.2) is 4.98 Å². The molecule has 3 heterocycles. The summed E-state index contributed by atoms with van der Waals surface area (Å²) in [6.07, 6.45) is 5.02. The molecule has 7 heteroatoms. The van der Waals surface area contributed by atoms with Crippen molar-refractivity contribution in [3.05, 3.63) is 67.6 Å². The monoisotopic (exact) mass is 424 g/mol. The van der Waals surface area contributed by atoms with E-state index in [9.17, 15) is 9.59 Å². The summed E-state index contributed by atoms with van der Waals surface area (Å²) in [6.45, 7) is 7.40. The van der Waals surface area contributed by atoms with E-state index in [-0.39, 0.29) is 11.5 Å². The lowest BCUT2D eigenvalue weighted by Crippen LogP contribution is -2.31. The molecule has 0 aliphatic carbocycles. The van der Waals surface area contributed by atoms with Crippen molar-refractivity contribution in [1.82, 2.24) is 19.7 Å². The number of benzene rings is 1. The van der Waals surface area contributed by atoms with Crippen LogP contribution in [0.3, 0.4) is 0 Å². The molecule has 1 aliphatic heterocycles. The standard InChI is InChI=1S/C23H28N4O2S/c1-15-8-10-18(11-9-15)14-19-16(2)25-27(21(19)28)23-24-17(3)20(30-23)22(29)26-12-6-4-5-7-13-26/h8-11,25H,4-7,12-14H2,1-3H3. The van der Waals surface area contributed by atoms with E-state index in [1.165, 1.54) is 34.4 Å². The van der Waals surface area contributed by atoms with E-state index in [4.69, 9.17) is 0 Å². The number of thiazole rings is 1. The fraction of sp³-hybridized carbons (Fsp3) is 0.435. The molecule has 1 aliphatic rings. The van der Waals surface area contributed by atoms with Crippen LogP contribution < -0.4 is 5.56 Å². The van der Waals surface area contributed by atoms with Gasteiger partial charge in [-0.05, 0) is 39.2 Å². The zero-order valence-corrected chi connectivity index (χ0v) is 18.6. The third kappa shape index (κ3) is 4.12. The highest BCUT2D eigenvalue weighted by molar-refractivity contribution is 7.16. The summed E-state index contributed by atoms with van der Waals surface area (Å²) in [5, 5.41) is 3.68. The van der Waals surface area contributed by atoms with E-state index < -0.39 is 0 Å². The Morgan fingerprint density at radius 2 is 1.73 bits per heavy atom. The van der Waals surface area contributed by atoms with Crippen LogP contribution in [0.15, 0.2) is 29.1 Å². The number of carbonyl (C=O) groups is 1. The van der Waals surface area contributed by atoms with Crippen molar-refractivity contribution in [1.29, 1.82) is 0 Å². The lowest BCUT2D eigenvalue weighted by Gasteiger charge is -2.19. The molecule has 1 saturated heterocycles. The molecule has 3 aromatic rings. The molecule has 6 nitrogen and oxygen atoms in total. The lowest BCUT2D eigenvalue weighted by molar-refractivity contribution is 0.0765. The number of nitrogens with one attached hydrogen (secondary N) is 1. The van der Waals surface area contributed by atoms with Crippen LogP contribution in [0.5, 0.6) is 0 Å². The van der Waals surface area contributed by atoms with E-state index in [0.29, 0.717) is 22.1 Å². The van der Waals surface area contributed by atoms with E-state index >= 15 is 0 Å². The second-order valence-corrected chi connectivity index (χ2v) is 9.11. The Hall–Kier alpha value is -2.67. The van der Waals surface area contributed by atoms with Crippen molar-refractivity contribution < 1.29 is 4.79 Å². The number of aromatic amines is 1. The Morgan fingerprint density at radius 1 is 1.07 bits per heavy atom. The summed E-state index contributed by atoms with van der Waals surface area (Å²) in [6, 6.07) is 8.22. The number of rotatable bonds is 4. The minimum Gasteiger partial charge on any atom is -0.338 e. The maximum atomic E-state index is 13.1. The molecule has 1 amide bonds. The number of aromatic nitrogens is 3. The predicted octanol–water partition coefficient (Wildman–Crippen LogP) is 4.15. The average molecular weight is 425 g/mol. The summed E-state index contributed by atoms with van der Waals surface area (Å²) in [7, 11) is 0. The van der Waals surface area contributed by atoms with Gasteiger partial charge in [-0.15, -0.1) is 0 Å². The molecule has 1 N–H and O–H groups in total. The molecular formula is C23H28N4O2S. The topological polar surface area (TPSA) is 71.0 Å². The van der Waals surface area contributed by atoms with Gasteiger partial charge in [-0.1, -0.05) is 54.0 Å². The first-order chi connectivity index (χ1) is 14.4. The SMILES string of the molecule is Cc1ccc(Cc2c(C)[nH]n(-c3nc(C)c(C(=O)N4CCCCCC4)s3)c2=O)cc1. The highest BCUT2D eigenvalue weighted by atomic mass is 32.1. The summed E-state index contributed by atoms with van der Waals surface area (Å²) in [4.78, 5) is 33.3. The predicted molar refractivity (Wildman–Crippen MR) is 120 cm³/mol. The highest BCUT2D eigenvalue weighted by Gasteiger charge is 2.24. The smallest absolute Gasteiger partial charge is 0.277 e. The Kier molecular flexibility index (Phi) is 5.90. The average Bonchev–Trinajstić information content (AvgIpc) is 3.09. The Morgan fingerprint density at radius 3 is 2.40 bits per heavy atom. The first kappa shape index (κ1) is 20.6. The van der Waals surface area contributed by atoms with Gasteiger partial charge in [-0.3, -0.25) is 14.7 Å². The Labute approximate surface area is 180 Å². The molecule has 1 fully saturated rings. The molecule has 2 aromatic heterocycles. The van der Waals surface area contributed by atoms with Crippen molar-refractivity contribution in [3.63, 3.8) is 0 Å². The Bertz CT molecular complexity index is 1100. The summed E-state index contributed by atoms with van der Waals surface area (Å²) < 4.78 is 1.48. The molecule has 4 rings (SSSR count). The number of carbonyl (C=O) groups excluding carboxylic acids is 1. The highest BCUT2D eigenvalue weighted by Crippen LogP contribution is 2.24. The van der Waals surface area contributed by atoms with E-state index in [0.717, 1.165) is 42.8 Å². The number of amides is 1. The van der Waals surface area contributed by atoms with Gasteiger partial charge in [0.1, 0.15) is 4.88 Å². The van der Waals surface area contributed by atoms with Crippen LogP contribution in [0.4, 0.5) is 0 Å². The van der Waals surface area contributed by atoms with Gasteiger partial charge in [0.15, 0.2) is 0 Å². The van der Waals surface area contributed by atoms with Crippen LogP contribution >= 0.6 is 11.3 Å². The summed E-state index contributed by atoms with van der Waals surface area (Å²) in [5.41, 5.74) is 4.43. The largest absolute Gasteiger partial charge is 0.338 e. The quantitative estimate of drug-likeness (QED) is 0.684. The van der Waals surface area contributed by atoms with Crippen LogP contribution in [-0.2, 0) is 6.42 Å². The molecule has 0 spiro atoms. The molecule has 0 saturated carbocycles. The van der Waals surface area contributed by atoms with Crippen molar-refractivity contribution in [3.8, 4) is 5.13 Å². The molecule has 1 aromatic carbocycles. The zero-order valence-electron chi connectivity index (χ0n) is 17.8. The fourth-order valence-corrected chi connectivity index (χ4v) is 4.92. The third-order valence-electron chi connectivity index (χ3n) is 5.76. The van der Waals surface area contributed by atoms with Gasteiger partial charge < -0.3 is 4.90 Å². The first-order valence-electron chi connectivity index (χ1n) is 10.6. The van der Waals surface area contributed by atoms with Crippen LogP contribution in [0.1, 0.15) is 63.4 Å². The van der Waals surface area contributed by atoms with Gasteiger partial charge in [0.2, 0.25) is 5.13 Å². The third-order valence-corrected chi connectivity index (χ3v) is 6.89. The number of hydrogen-bond acceptors (Lipinski definition) is 4. The van der Waals surface area contributed by atoms with E-state index in [2.05, 4.69) is 34.3 Å². The molecule has 30 heavy (non-hydrogen) atoms. The lowest BCUT2D eigenvalue weighted by atomic mass is 10.0. The fourth-order valence-electron chi connectivity index (χ4n) is 3.93. The van der Waals surface area contributed by atoms with Gasteiger partial charge in [0.05, 0.1) is 5.69 Å². The van der Waals surface area contributed by atoms with E-state index in [1.54, 1.807) is 0 Å². The molecular weight excluding hydrogens is 396 g/mol. The molecule has 0 bridgehead atoms. The molecule has 158 valence electrons. The summed E-state index contributed by atoms with van der Waals surface area (Å²) in [5.74, 6) is 0.0364. The van der Waals surface area contributed by atoms with Gasteiger partial charge in [0, 0.05) is 30.8 Å². The van der Waals surface area contributed by atoms with Gasteiger partial charge in [-0.2, -0.15) is 4.68 Å². The number of likely N-dealkylation sites (tertiary alicyclic amines) is 1. The maximum absolute atomic E-state index is 13.1. The van der Waals surface area contributed by atoms with Crippen LogP contribution in [0.25, 0.3) is 5.13 Å². The van der Waals surface area contributed by atoms with Gasteiger partial charge >= 0.3 is 0 Å². The molecule has 0 radical (unpaired) electrons. The molecule has 0 atom stereocenters. The zero-order chi connectivity index (χ0) is 21.3. The summed E-state index contributed by atoms with van der Waals surface area (Å²) >= 11 is 1.30. The number of hydrogen-bond donors (Lipinski definition) is 1. The van der Waals surface area contributed by atoms with Crippen LogP contribution in [0, 0.1) is 20.8 Å². The number of H-pyrrole nitrogens is 1. The maximum Gasteiger partial charge on any atom is 0.277 e. The Balaban J connectivity index is 1.62. The number of nitrogens with zero attached hydrogens (tertiary/aromatic N) is 3. The van der Waals surface area contributed by atoms with Gasteiger partial charge in [0.25, 0.3) is 11.5 Å². The van der Waals surface area contributed by atoms with Crippen molar-refractivity contribution in [2.45, 2.75) is 52.9 Å². The van der Waals surface area contributed by atoms with Crippen LogP contribution in [0.2, 0.25) is 0 Å². The second kappa shape index (κ2) is 8.60. The minimum absolute atomic E-state index is 0.0364. The van der Waals surface area contributed by atoms with Crippen LogP contribution in [-0.4, -0.2) is 38.7 Å².